The van der Waals surface area contributed by atoms with E-state index in [1.54, 1.807) is 0 Å². The third-order valence-electron chi connectivity index (χ3n) is 4.28. The van der Waals surface area contributed by atoms with Gasteiger partial charge >= 0.3 is 6.18 Å². The van der Waals surface area contributed by atoms with Crippen molar-refractivity contribution in [2.45, 2.75) is 25.1 Å². The second kappa shape index (κ2) is 5.11. The smallest absolute Gasteiger partial charge is 0.380 e. The maximum Gasteiger partial charge on any atom is 0.418 e. The Morgan fingerprint density at radius 3 is 2.45 bits per heavy atom. The van der Waals surface area contributed by atoms with Crippen LogP contribution in [0.3, 0.4) is 0 Å². The monoisotopic (exact) mass is 304 g/mol. The predicted octanol–water partition coefficient (Wildman–Crippen LogP) is 3.86. The van der Waals surface area contributed by atoms with Crippen molar-refractivity contribution in [2.75, 3.05) is 25.0 Å². The lowest BCUT2D eigenvalue weighted by molar-refractivity contribution is -0.137. The van der Waals surface area contributed by atoms with E-state index in [1.807, 2.05) is 0 Å². The number of rotatable bonds is 2. The largest absolute Gasteiger partial charge is 0.418 e. The van der Waals surface area contributed by atoms with Crippen LogP contribution in [0.2, 0.25) is 5.02 Å². The molecule has 0 radical (unpaired) electrons. The van der Waals surface area contributed by atoms with Crippen LogP contribution in [-0.4, -0.2) is 30.6 Å². The number of hydrogen-bond donors (Lipinski definition) is 1. The zero-order valence-corrected chi connectivity index (χ0v) is 11.6. The second-order valence-corrected chi connectivity index (χ2v) is 6.01. The summed E-state index contributed by atoms with van der Waals surface area (Å²) in [4.78, 5) is 2.31. The number of benzene rings is 1. The number of nitrogens with zero attached hydrogens (tertiary/aromatic N) is 1. The summed E-state index contributed by atoms with van der Waals surface area (Å²) in [5.41, 5.74) is -0.540. The summed E-state index contributed by atoms with van der Waals surface area (Å²) in [5, 5.41) is 3.20. The summed E-state index contributed by atoms with van der Waals surface area (Å²) < 4.78 is 39.2. The van der Waals surface area contributed by atoms with Crippen LogP contribution in [0.15, 0.2) is 18.2 Å². The summed E-state index contributed by atoms with van der Waals surface area (Å²) in [5.74, 6) is 0.469. The van der Waals surface area contributed by atoms with Gasteiger partial charge in [0.1, 0.15) is 0 Å². The van der Waals surface area contributed by atoms with Crippen LogP contribution in [0.1, 0.15) is 18.4 Å². The number of hydrogen-bond acceptors (Lipinski definition) is 2. The molecule has 1 aromatic carbocycles. The first-order valence-electron chi connectivity index (χ1n) is 6.79. The molecule has 0 amide bonds. The van der Waals surface area contributed by atoms with Gasteiger partial charge < -0.3 is 10.2 Å². The highest BCUT2D eigenvalue weighted by Gasteiger charge is 2.37. The lowest BCUT2D eigenvalue weighted by Crippen LogP contribution is -2.53. The lowest BCUT2D eigenvalue weighted by atomic mass is 9.84. The molecule has 110 valence electrons. The molecule has 3 saturated heterocycles. The summed E-state index contributed by atoms with van der Waals surface area (Å²) in [6.45, 7) is 2.95. The van der Waals surface area contributed by atoms with E-state index in [-0.39, 0.29) is 16.8 Å². The van der Waals surface area contributed by atoms with E-state index in [0.717, 1.165) is 38.5 Å². The Hall–Kier alpha value is -0.940. The van der Waals surface area contributed by atoms with Gasteiger partial charge in [0.2, 0.25) is 0 Å². The van der Waals surface area contributed by atoms with Crippen LogP contribution in [0.25, 0.3) is 0 Å². The molecular weight excluding hydrogens is 289 g/mol. The molecule has 1 unspecified atom stereocenters. The summed E-state index contributed by atoms with van der Waals surface area (Å²) >= 11 is 5.69. The molecule has 20 heavy (non-hydrogen) atoms. The Labute approximate surface area is 120 Å². The summed E-state index contributed by atoms with van der Waals surface area (Å²) in [7, 11) is 0. The zero-order valence-electron chi connectivity index (χ0n) is 10.9. The maximum absolute atomic E-state index is 13.1. The van der Waals surface area contributed by atoms with Crippen molar-refractivity contribution in [1.29, 1.82) is 0 Å². The van der Waals surface area contributed by atoms with E-state index in [0.29, 0.717) is 5.92 Å². The Morgan fingerprint density at radius 2 is 1.90 bits per heavy atom. The van der Waals surface area contributed by atoms with Gasteiger partial charge in [0.05, 0.1) is 5.56 Å². The fourth-order valence-electron chi connectivity index (χ4n) is 3.21. The van der Waals surface area contributed by atoms with Crippen LogP contribution < -0.4 is 5.32 Å². The van der Waals surface area contributed by atoms with E-state index in [9.17, 15) is 13.2 Å². The van der Waals surface area contributed by atoms with E-state index in [4.69, 9.17) is 11.6 Å². The zero-order chi connectivity index (χ0) is 14.3. The third-order valence-corrected chi connectivity index (χ3v) is 4.52. The van der Waals surface area contributed by atoms with Crippen molar-refractivity contribution in [3.05, 3.63) is 28.8 Å². The molecule has 0 aliphatic carbocycles. The van der Waals surface area contributed by atoms with Crippen molar-refractivity contribution < 1.29 is 13.2 Å². The van der Waals surface area contributed by atoms with Crippen LogP contribution >= 0.6 is 11.6 Å². The van der Waals surface area contributed by atoms with Crippen LogP contribution in [0, 0.1) is 5.92 Å². The maximum atomic E-state index is 13.1. The van der Waals surface area contributed by atoms with Gasteiger partial charge in [-0.1, -0.05) is 11.6 Å². The molecule has 0 spiro atoms. The normalized spacial score (nSPS) is 29.5. The molecule has 2 bridgehead atoms. The highest BCUT2D eigenvalue weighted by Crippen LogP contribution is 2.38. The molecule has 3 heterocycles. The minimum atomic E-state index is -4.39. The molecule has 0 aromatic heterocycles. The van der Waals surface area contributed by atoms with Gasteiger partial charge in [0, 0.05) is 23.3 Å². The molecule has 3 fully saturated rings. The summed E-state index contributed by atoms with van der Waals surface area (Å²) in [6.07, 6.45) is -2.26. The van der Waals surface area contributed by atoms with Gasteiger partial charge in [0.15, 0.2) is 0 Å². The number of anilines is 1. The molecule has 2 nitrogen and oxygen atoms in total. The van der Waals surface area contributed by atoms with Crippen molar-refractivity contribution in [2.24, 2.45) is 5.92 Å². The molecule has 1 N–H and O–H groups in total. The Balaban J connectivity index is 1.84. The average Bonchev–Trinajstić information content (AvgIpc) is 2.41. The van der Waals surface area contributed by atoms with E-state index in [1.165, 1.54) is 12.1 Å². The highest BCUT2D eigenvalue weighted by molar-refractivity contribution is 6.30. The van der Waals surface area contributed by atoms with Crippen molar-refractivity contribution in [3.8, 4) is 0 Å². The fraction of sp³-hybridized carbons (Fsp3) is 0.571. The molecule has 4 rings (SSSR count). The second-order valence-electron chi connectivity index (χ2n) is 5.58. The Morgan fingerprint density at radius 1 is 1.20 bits per heavy atom. The van der Waals surface area contributed by atoms with E-state index >= 15 is 0 Å². The first kappa shape index (κ1) is 14.0. The lowest BCUT2D eigenvalue weighted by Gasteiger charge is -2.45. The van der Waals surface area contributed by atoms with Crippen LogP contribution in [0.5, 0.6) is 0 Å². The minimum absolute atomic E-state index is 0.0970. The van der Waals surface area contributed by atoms with E-state index < -0.39 is 11.7 Å². The standard InChI is InChI=1S/C14H16ClF3N2/c15-10-1-2-12(11(7-10)14(16,17)18)19-13-8-20-5-3-9(13)4-6-20/h1-2,7,9,13,19H,3-6,8H2. The fourth-order valence-corrected chi connectivity index (χ4v) is 3.38. The molecule has 6 heteroatoms. The van der Waals surface area contributed by atoms with Crippen LogP contribution in [-0.2, 0) is 6.18 Å². The predicted molar refractivity (Wildman–Crippen MR) is 73.0 cm³/mol. The Bertz CT molecular complexity index is 496. The highest BCUT2D eigenvalue weighted by atomic mass is 35.5. The first-order valence-corrected chi connectivity index (χ1v) is 7.17. The Kier molecular flexibility index (Phi) is 3.58. The number of piperidine rings is 3. The van der Waals surface area contributed by atoms with Gasteiger partial charge in [-0.15, -0.1) is 0 Å². The number of nitrogens with one attached hydrogen (secondary N) is 1. The van der Waals surface area contributed by atoms with Crippen LogP contribution in [0.4, 0.5) is 18.9 Å². The minimum Gasteiger partial charge on any atom is -0.380 e. The number of alkyl halides is 3. The molecule has 0 saturated carbocycles. The van der Waals surface area contributed by atoms with Crippen molar-refractivity contribution in [1.82, 2.24) is 4.90 Å². The molecule has 1 atom stereocenters. The molecular formula is C14H16ClF3N2. The quantitative estimate of drug-likeness (QED) is 0.892. The molecule has 1 aromatic rings. The first-order chi connectivity index (χ1) is 9.43. The topological polar surface area (TPSA) is 15.3 Å². The molecule has 3 aliphatic rings. The van der Waals surface area contributed by atoms with Gasteiger partial charge in [0.25, 0.3) is 0 Å². The molecule has 3 aliphatic heterocycles. The van der Waals surface area contributed by atoms with Gasteiger partial charge in [-0.25, -0.2) is 0 Å². The number of halogens is 4. The van der Waals surface area contributed by atoms with Crippen molar-refractivity contribution in [3.63, 3.8) is 0 Å². The number of fused-ring (bicyclic) bond motifs is 3. The van der Waals surface area contributed by atoms with Gasteiger partial charge in [-0.2, -0.15) is 13.2 Å². The van der Waals surface area contributed by atoms with Crippen molar-refractivity contribution >= 4 is 17.3 Å². The third kappa shape index (κ3) is 2.74. The SMILES string of the molecule is FC(F)(F)c1cc(Cl)ccc1NC1CN2CCC1CC2. The van der Waals surface area contributed by atoms with Gasteiger partial charge in [-0.3, -0.25) is 0 Å². The average molecular weight is 305 g/mol. The van der Waals surface area contributed by atoms with E-state index in [2.05, 4.69) is 10.2 Å². The van der Waals surface area contributed by atoms with Gasteiger partial charge in [-0.05, 0) is 50.0 Å². The summed E-state index contributed by atoms with van der Waals surface area (Å²) in [6, 6.07) is 4.02.